The van der Waals surface area contributed by atoms with E-state index >= 15 is 0 Å². The largest absolute Gasteiger partial charge is 0.497 e. The molecule has 0 heterocycles. The number of carbonyl (C=O) groups is 1. The van der Waals surface area contributed by atoms with E-state index in [9.17, 15) is 4.79 Å². The van der Waals surface area contributed by atoms with E-state index in [4.69, 9.17) is 9.47 Å². The van der Waals surface area contributed by atoms with Gasteiger partial charge in [-0.3, -0.25) is 4.79 Å². The van der Waals surface area contributed by atoms with Crippen molar-refractivity contribution in [3.8, 4) is 5.75 Å². The van der Waals surface area contributed by atoms with E-state index < -0.39 is 5.41 Å². The fourth-order valence-electron chi connectivity index (χ4n) is 1.93. The summed E-state index contributed by atoms with van der Waals surface area (Å²) in [5.41, 5.74) is 0.607. The lowest BCUT2D eigenvalue weighted by atomic mass is 9.96. The molecule has 86 valence electrons. The summed E-state index contributed by atoms with van der Waals surface area (Å²) in [5, 5.41) is 0. The molecule has 1 aromatic rings. The fourth-order valence-corrected chi connectivity index (χ4v) is 1.93. The van der Waals surface area contributed by atoms with Crippen molar-refractivity contribution in [2.24, 2.45) is 0 Å². The monoisotopic (exact) mass is 220 g/mol. The summed E-state index contributed by atoms with van der Waals surface area (Å²) in [6.45, 7) is 2.27. The van der Waals surface area contributed by atoms with Crippen LogP contribution >= 0.6 is 0 Å². The van der Waals surface area contributed by atoms with Gasteiger partial charge in [0.05, 0.1) is 19.1 Å². The maximum absolute atomic E-state index is 11.9. The molecule has 0 amide bonds. The first-order chi connectivity index (χ1) is 7.73. The topological polar surface area (TPSA) is 35.5 Å². The lowest BCUT2D eigenvalue weighted by Crippen LogP contribution is -2.23. The van der Waals surface area contributed by atoms with E-state index in [1.807, 2.05) is 31.2 Å². The molecule has 0 radical (unpaired) electrons. The normalized spacial score (nSPS) is 16.6. The number of ether oxygens (including phenoxy) is 2. The van der Waals surface area contributed by atoms with Crippen LogP contribution in [-0.2, 0) is 14.9 Å². The molecule has 0 aliphatic heterocycles. The molecule has 3 nitrogen and oxygen atoms in total. The Morgan fingerprint density at radius 2 is 2.19 bits per heavy atom. The lowest BCUT2D eigenvalue weighted by Gasteiger charge is -2.14. The third-order valence-corrected chi connectivity index (χ3v) is 3.04. The van der Waals surface area contributed by atoms with E-state index in [1.165, 1.54) is 0 Å². The summed E-state index contributed by atoms with van der Waals surface area (Å²) in [7, 11) is 1.63. The van der Waals surface area contributed by atoms with Gasteiger partial charge in [-0.15, -0.1) is 0 Å². The molecule has 0 atom stereocenters. The molecular formula is C13H16O3. The van der Waals surface area contributed by atoms with Crippen LogP contribution in [0.2, 0.25) is 0 Å². The van der Waals surface area contributed by atoms with Crippen LogP contribution in [0, 0.1) is 0 Å². The van der Waals surface area contributed by atoms with E-state index in [1.54, 1.807) is 7.11 Å². The molecule has 0 unspecified atom stereocenters. The van der Waals surface area contributed by atoms with Crippen LogP contribution in [0.4, 0.5) is 0 Å². The molecule has 0 bridgehead atoms. The predicted octanol–water partition coefficient (Wildman–Crippen LogP) is 2.29. The van der Waals surface area contributed by atoms with E-state index in [2.05, 4.69) is 0 Å². The Labute approximate surface area is 95.4 Å². The van der Waals surface area contributed by atoms with Crippen LogP contribution in [0.5, 0.6) is 5.75 Å². The van der Waals surface area contributed by atoms with Gasteiger partial charge in [0.2, 0.25) is 0 Å². The molecule has 16 heavy (non-hydrogen) atoms. The van der Waals surface area contributed by atoms with Crippen LogP contribution in [0.3, 0.4) is 0 Å². The molecule has 0 N–H and O–H groups in total. The molecule has 1 aliphatic rings. The Morgan fingerprint density at radius 1 is 1.44 bits per heavy atom. The SMILES string of the molecule is CCOC(=O)C1(c2cccc(OC)c2)CC1. The average molecular weight is 220 g/mol. The fraction of sp³-hybridized carbons (Fsp3) is 0.462. The number of hydrogen-bond acceptors (Lipinski definition) is 3. The highest BCUT2D eigenvalue weighted by molar-refractivity contribution is 5.86. The van der Waals surface area contributed by atoms with Crippen molar-refractivity contribution in [2.45, 2.75) is 25.2 Å². The Hall–Kier alpha value is -1.51. The van der Waals surface area contributed by atoms with Gasteiger partial charge in [0, 0.05) is 0 Å². The van der Waals surface area contributed by atoms with Crippen molar-refractivity contribution in [1.82, 2.24) is 0 Å². The van der Waals surface area contributed by atoms with Crippen LogP contribution in [-0.4, -0.2) is 19.7 Å². The molecule has 0 aromatic heterocycles. The summed E-state index contributed by atoms with van der Waals surface area (Å²) in [5.74, 6) is 0.677. The molecular weight excluding hydrogens is 204 g/mol. The number of esters is 1. The number of benzene rings is 1. The van der Waals surface area contributed by atoms with Crippen molar-refractivity contribution >= 4 is 5.97 Å². The van der Waals surface area contributed by atoms with Gasteiger partial charge in [0.15, 0.2) is 0 Å². The maximum atomic E-state index is 11.9. The molecule has 1 aromatic carbocycles. The minimum Gasteiger partial charge on any atom is -0.497 e. The van der Waals surface area contributed by atoms with Gasteiger partial charge >= 0.3 is 5.97 Å². The zero-order valence-electron chi connectivity index (χ0n) is 9.66. The van der Waals surface area contributed by atoms with Crippen molar-refractivity contribution in [1.29, 1.82) is 0 Å². The standard InChI is InChI=1S/C13H16O3/c1-3-16-12(14)13(7-8-13)10-5-4-6-11(9-10)15-2/h4-6,9H,3,7-8H2,1-2H3. The van der Waals surface area contributed by atoms with Crippen molar-refractivity contribution in [2.75, 3.05) is 13.7 Å². The second-order valence-electron chi connectivity index (χ2n) is 4.03. The van der Waals surface area contributed by atoms with Crippen LogP contribution < -0.4 is 4.74 Å². The van der Waals surface area contributed by atoms with Gasteiger partial charge in [-0.05, 0) is 37.5 Å². The zero-order chi connectivity index (χ0) is 11.6. The van der Waals surface area contributed by atoms with Crippen LogP contribution in [0.25, 0.3) is 0 Å². The van der Waals surface area contributed by atoms with E-state index in [0.717, 1.165) is 24.2 Å². The summed E-state index contributed by atoms with van der Waals surface area (Å²) < 4.78 is 10.3. The number of rotatable bonds is 4. The highest BCUT2D eigenvalue weighted by Gasteiger charge is 2.52. The van der Waals surface area contributed by atoms with Gasteiger partial charge in [0.25, 0.3) is 0 Å². The predicted molar refractivity (Wildman–Crippen MR) is 60.5 cm³/mol. The van der Waals surface area contributed by atoms with Gasteiger partial charge in [-0.1, -0.05) is 12.1 Å². The summed E-state index contributed by atoms with van der Waals surface area (Å²) >= 11 is 0. The molecule has 3 heteroatoms. The number of hydrogen-bond donors (Lipinski definition) is 0. The van der Waals surface area contributed by atoms with E-state index in [0.29, 0.717) is 6.61 Å². The maximum Gasteiger partial charge on any atom is 0.316 e. The first-order valence-corrected chi connectivity index (χ1v) is 5.54. The van der Waals surface area contributed by atoms with Gasteiger partial charge in [-0.25, -0.2) is 0 Å². The molecule has 1 saturated carbocycles. The Balaban J connectivity index is 2.25. The molecule has 0 spiro atoms. The average Bonchev–Trinajstić information content (AvgIpc) is 3.11. The second-order valence-corrected chi connectivity index (χ2v) is 4.03. The third-order valence-electron chi connectivity index (χ3n) is 3.04. The zero-order valence-corrected chi connectivity index (χ0v) is 9.66. The Morgan fingerprint density at radius 3 is 2.75 bits per heavy atom. The molecule has 0 saturated heterocycles. The number of carbonyl (C=O) groups excluding carboxylic acids is 1. The van der Waals surface area contributed by atoms with Crippen molar-refractivity contribution in [3.05, 3.63) is 29.8 Å². The molecule has 1 aliphatic carbocycles. The number of methoxy groups -OCH3 is 1. The highest BCUT2D eigenvalue weighted by atomic mass is 16.5. The minimum absolute atomic E-state index is 0.108. The second kappa shape index (κ2) is 4.16. The van der Waals surface area contributed by atoms with Gasteiger partial charge in [0.1, 0.15) is 5.75 Å². The minimum atomic E-state index is -0.398. The summed E-state index contributed by atoms with van der Waals surface area (Å²) in [6, 6.07) is 7.68. The van der Waals surface area contributed by atoms with Crippen molar-refractivity contribution < 1.29 is 14.3 Å². The highest BCUT2D eigenvalue weighted by Crippen LogP contribution is 2.49. The van der Waals surface area contributed by atoms with E-state index in [-0.39, 0.29) is 5.97 Å². The summed E-state index contributed by atoms with van der Waals surface area (Å²) in [4.78, 5) is 11.9. The molecule has 2 rings (SSSR count). The van der Waals surface area contributed by atoms with Crippen molar-refractivity contribution in [3.63, 3.8) is 0 Å². The van der Waals surface area contributed by atoms with Gasteiger partial charge < -0.3 is 9.47 Å². The lowest BCUT2D eigenvalue weighted by molar-refractivity contribution is -0.146. The third kappa shape index (κ3) is 1.77. The first kappa shape index (κ1) is 11.0. The van der Waals surface area contributed by atoms with Crippen LogP contribution in [0.15, 0.2) is 24.3 Å². The quantitative estimate of drug-likeness (QED) is 0.730. The van der Waals surface area contributed by atoms with Gasteiger partial charge in [-0.2, -0.15) is 0 Å². The Kier molecular flexibility index (Phi) is 2.86. The summed E-state index contributed by atoms with van der Waals surface area (Å²) in [6.07, 6.45) is 1.75. The first-order valence-electron chi connectivity index (χ1n) is 5.54. The molecule has 1 fully saturated rings. The van der Waals surface area contributed by atoms with Crippen LogP contribution in [0.1, 0.15) is 25.3 Å². The Bertz CT molecular complexity index is 394. The smallest absolute Gasteiger partial charge is 0.316 e.